The van der Waals surface area contributed by atoms with Crippen molar-refractivity contribution in [1.29, 1.82) is 0 Å². The van der Waals surface area contributed by atoms with Crippen LogP contribution in [-0.2, 0) is 12.7 Å². The van der Waals surface area contributed by atoms with Crippen molar-refractivity contribution in [2.24, 2.45) is 0 Å². The van der Waals surface area contributed by atoms with Crippen molar-refractivity contribution in [2.75, 3.05) is 0 Å². The van der Waals surface area contributed by atoms with E-state index in [1.165, 1.54) is 12.1 Å². The highest BCUT2D eigenvalue weighted by atomic mass is 19.4. The fourth-order valence-electron chi connectivity index (χ4n) is 3.55. The zero-order valence-electron chi connectivity index (χ0n) is 16.3. The van der Waals surface area contributed by atoms with E-state index >= 15 is 0 Å². The van der Waals surface area contributed by atoms with Crippen molar-refractivity contribution in [3.8, 4) is 17.0 Å². The van der Waals surface area contributed by atoms with E-state index in [4.69, 9.17) is 5.11 Å². The lowest BCUT2D eigenvalue weighted by atomic mass is 10.0. The number of hydrogen-bond donors (Lipinski definition) is 2. The highest BCUT2D eigenvalue weighted by molar-refractivity contribution is 5.96. The first-order valence-electron chi connectivity index (χ1n) is 9.24. The van der Waals surface area contributed by atoms with Crippen molar-refractivity contribution >= 4 is 16.9 Å². The Labute approximate surface area is 181 Å². The molecule has 0 fully saturated rings. The van der Waals surface area contributed by atoms with Crippen molar-refractivity contribution in [3.05, 3.63) is 82.7 Å². The minimum atomic E-state index is -4.88. The second-order valence-corrected chi connectivity index (χ2v) is 7.06. The Morgan fingerprint density at radius 2 is 1.64 bits per heavy atom. The number of aromatic carboxylic acids is 1. The normalized spacial score (nSPS) is 11.8. The Kier molecular flexibility index (Phi) is 5.27. The number of carboxylic acids is 1. The fraction of sp³-hybridized carbons (Fsp3) is 0.0909. The number of benzene rings is 3. The van der Waals surface area contributed by atoms with Gasteiger partial charge in [0, 0.05) is 11.1 Å². The van der Waals surface area contributed by atoms with Crippen molar-refractivity contribution in [3.63, 3.8) is 0 Å². The van der Waals surface area contributed by atoms with Gasteiger partial charge in [0.25, 0.3) is 0 Å². The molecule has 33 heavy (non-hydrogen) atoms. The van der Waals surface area contributed by atoms with Crippen LogP contribution in [0.25, 0.3) is 22.2 Å². The molecule has 4 aromatic rings. The van der Waals surface area contributed by atoms with Gasteiger partial charge in [-0.15, -0.1) is 0 Å². The molecule has 3 aromatic carbocycles. The number of phenols is 1. The molecule has 2 N–H and O–H groups in total. The van der Waals surface area contributed by atoms with Gasteiger partial charge in [-0.05, 0) is 36.4 Å². The Bertz CT molecular complexity index is 1410. The van der Waals surface area contributed by atoms with Crippen LogP contribution in [0.2, 0.25) is 0 Å². The van der Waals surface area contributed by atoms with Crippen molar-refractivity contribution in [2.45, 2.75) is 12.7 Å². The van der Waals surface area contributed by atoms with Crippen LogP contribution >= 0.6 is 0 Å². The van der Waals surface area contributed by atoms with Gasteiger partial charge in [0.15, 0.2) is 0 Å². The van der Waals surface area contributed by atoms with Crippen LogP contribution in [-0.4, -0.2) is 26.0 Å². The van der Waals surface area contributed by atoms with E-state index in [9.17, 15) is 36.2 Å². The smallest absolute Gasteiger partial charge is 0.416 e. The molecule has 0 radical (unpaired) electrons. The molecule has 0 saturated heterocycles. The summed E-state index contributed by atoms with van der Waals surface area (Å²) in [6, 6.07) is 7.20. The molecule has 5 nitrogen and oxygen atoms in total. The van der Waals surface area contributed by atoms with Gasteiger partial charge in [-0.25, -0.2) is 18.0 Å². The van der Waals surface area contributed by atoms with Crippen LogP contribution in [0.3, 0.4) is 0 Å². The lowest BCUT2D eigenvalue weighted by Crippen LogP contribution is -2.14. The predicted octanol–water partition coefficient (Wildman–Crippen LogP) is 5.59. The Morgan fingerprint density at radius 1 is 0.970 bits per heavy atom. The zero-order valence-corrected chi connectivity index (χ0v) is 16.3. The van der Waals surface area contributed by atoms with Gasteiger partial charge in [0.2, 0.25) is 0 Å². The van der Waals surface area contributed by atoms with Gasteiger partial charge in [0.05, 0.1) is 23.0 Å². The van der Waals surface area contributed by atoms with E-state index < -0.39 is 69.8 Å². The highest BCUT2D eigenvalue weighted by Crippen LogP contribution is 2.37. The first kappa shape index (κ1) is 22.2. The Hall–Kier alpha value is -4.02. The number of nitrogens with zero attached hydrogens (tertiary/aromatic N) is 2. The van der Waals surface area contributed by atoms with Crippen LogP contribution < -0.4 is 0 Å². The van der Waals surface area contributed by atoms with Crippen LogP contribution in [0.1, 0.15) is 21.5 Å². The molecular weight excluding hydrogens is 454 g/mol. The standard InChI is InChI=1S/C22H12F6N2O3/c23-14-4-1-3-13(22(26,27)28)12(14)9-30-17-6-2-5-15(24)19(17)20(29-30)10-8-18(31)11(21(32)33)7-16(10)25/h1-8,31H,9H2,(H,32,33). The SMILES string of the molecule is O=C(O)c1cc(F)c(-c2nn(Cc3c(F)cccc3C(F)(F)F)c3cccc(F)c23)cc1O. The van der Waals surface area contributed by atoms with Gasteiger partial charge in [-0.1, -0.05) is 12.1 Å². The molecule has 11 heteroatoms. The molecule has 0 bridgehead atoms. The number of fused-ring (bicyclic) bond motifs is 1. The van der Waals surface area contributed by atoms with Gasteiger partial charge in [-0.2, -0.15) is 18.3 Å². The summed E-state index contributed by atoms with van der Waals surface area (Å²) < 4.78 is 84.8. The molecule has 0 spiro atoms. The number of aromatic hydroxyl groups is 1. The topological polar surface area (TPSA) is 75.3 Å². The van der Waals surface area contributed by atoms with E-state index in [-0.39, 0.29) is 10.9 Å². The second kappa shape index (κ2) is 7.84. The third kappa shape index (κ3) is 3.86. The quantitative estimate of drug-likeness (QED) is 0.385. The number of rotatable bonds is 4. The second-order valence-electron chi connectivity index (χ2n) is 7.06. The molecule has 0 aliphatic heterocycles. The molecule has 0 aliphatic carbocycles. The molecule has 0 saturated carbocycles. The molecule has 0 unspecified atom stereocenters. The summed E-state index contributed by atoms with van der Waals surface area (Å²) in [7, 11) is 0. The maximum absolute atomic E-state index is 14.7. The van der Waals surface area contributed by atoms with Crippen molar-refractivity contribution in [1.82, 2.24) is 9.78 Å². The highest BCUT2D eigenvalue weighted by Gasteiger charge is 2.35. The lowest BCUT2D eigenvalue weighted by Gasteiger charge is -2.14. The van der Waals surface area contributed by atoms with Gasteiger partial charge in [-0.3, -0.25) is 4.68 Å². The van der Waals surface area contributed by atoms with E-state index in [1.54, 1.807) is 0 Å². The van der Waals surface area contributed by atoms with Gasteiger partial charge < -0.3 is 10.2 Å². The third-order valence-electron chi connectivity index (χ3n) is 5.03. The first-order valence-corrected chi connectivity index (χ1v) is 9.24. The van der Waals surface area contributed by atoms with Crippen LogP contribution in [0.15, 0.2) is 48.5 Å². The average molecular weight is 466 g/mol. The summed E-state index contributed by atoms with van der Waals surface area (Å²) in [4.78, 5) is 11.1. The monoisotopic (exact) mass is 466 g/mol. The van der Waals surface area contributed by atoms with Crippen molar-refractivity contribution < 1.29 is 41.4 Å². The summed E-state index contributed by atoms with van der Waals surface area (Å²) in [5, 5.41) is 22.7. The lowest BCUT2D eigenvalue weighted by molar-refractivity contribution is -0.138. The van der Waals surface area contributed by atoms with E-state index in [2.05, 4.69) is 5.10 Å². The maximum atomic E-state index is 14.7. The van der Waals surface area contributed by atoms with Crippen LogP contribution in [0.4, 0.5) is 26.3 Å². The largest absolute Gasteiger partial charge is 0.507 e. The summed E-state index contributed by atoms with van der Waals surface area (Å²) in [5.41, 5.74) is -3.72. The summed E-state index contributed by atoms with van der Waals surface area (Å²) >= 11 is 0. The molecule has 0 amide bonds. The van der Waals surface area contributed by atoms with Gasteiger partial charge in [0.1, 0.15) is 34.5 Å². The number of hydrogen-bond acceptors (Lipinski definition) is 3. The minimum Gasteiger partial charge on any atom is -0.507 e. The number of carboxylic acid groups (broad SMARTS) is 1. The molecule has 170 valence electrons. The van der Waals surface area contributed by atoms with Gasteiger partial charge >= 0.3 is 12.1 Å². The Balaban J connectivity index is 1.95. The molecule has 1 aromatic heterocycles. The molecule has 4 rings (SSSR count). The molecule has 1 heterocycles. The fourth-order valence-corrected chi connectivity index (χ4v) is 3.55. The first-order chi connectivity index (χ1) is 15.5. The molecule has 0 atom stereocenters. The zero-order chi connectivity index (χ0) is 24.1. The summed E-state index contributed by atoms with van der Waals surface area (Å²) in [6.07, 6.45) is -4.88. The molecular formula is C22H12F6N2O3. The number of halogens is 6. The Morgan fingerprint density at radius 3 is 2.30 bits per heavy atom. The number of aromatic nitrogens is 2. The summed E-state index contributed by atoms with van der Waals surface area (Å²) in [6.45, 7) is -0.762. The van der Waals surface area contributed by atoms with Crippen LogP contribution in [0, 0.1) is 17.5 Å². The van der Waals surface area contributed by atoms with Crippen LogP contribution in [0.5, 0.6) is 5.75 Å². The third-order valence-corrected chi connectivity index (χ3v) is 5.03. The summed E-state index contributed by atoms with van der Waals surface area (Å²) in [5.74, 6) is -5.67. The number of carbonyl (C=O) groups is 1. The number of alkyl halides is 3. The predicted molar refractivity (Wildman–Crippen MR) is 104 cm³/mol. The average Bonchev–Trinajstić information content (AvgIpc) is 3.09. The maximum Gasteiger partial charge on any atom is 0.416 e. The minimum absolute atomic E-state index is 0.0671. The van der Waals surface area contributed by atoms with E-state index in [0.717, 1.165) is 28.9 Å². The van der Waals surface area contributed by atoms with E-state index in [1.807, 2.05) is 0 Å². The van der Waals surface area contributed by atoms with E-state index in [0.29, 0.717) is 12.1 Å². The molecule has 0 aliphatic rings.